The summed E-state index contributed by atoms with van der Waals surface area (Å²) in [5.41, 5.74) is 0. The van der Waals surface area contributed by atoms with Gasteiger partial charge in [0.15, 0.2) is 12.2 Å². The average molecular weight is 1350 g/mol. The fourth-order valence-electron chi connectivity index (χ4n) is 11.1. The Kier molecular flexibility index (Phi) is 63.7. The highest BCUT2D eigenvalue weighted by Gasteiger charge is 2.30. The summed E-state index contributed by atoms with van der Waals surface area (Å²) in [7, 11) is -9.90. The van der Waals surface area contributed by atoms with Gasteiger partial charge >= 0.3 is 39.5 Å². The Morgan fingerprint density at radius 3 is 0.826 bits per heavy atom. The number of hydrogen-bond acceptors (Lipinski definition) is 15. The number of ether oxygens (including phenoxy) is 4. The zero-order valence-electron chi connectivity index (χ0n) is 59.9. The lowest BCUT2D eigenvalue weighted by Crippen LogP contribution is -2.30. The van der Waals surface area contributed by atoms with E-state index in [4.69, 9.17) is 37.0 Å². The maximum absolute atomic E-state index is 13.1. The van der Waals surface area contributed by atoms with Gasteiger partial charge in [-0.1, -0.05) is 324 Å². The van der Waals surface area contributed by atoms with Gasteiger partial charge in [0, 0.05) is 25.7 Å². The number of esters is 4. The average Bonchev–Trinajstić information content (AvgIpc) is 1.51. The zero-order chi connectivity index (χ0) is 67.9. The lowest BCUT2D eigenvalue weighted by molar-refractivity contribution is -0.161. The molecular formula is C73H142O17P2. The molecule has 546 valence electrons. The molecule has 0 bridgehead atoms. The van der Waals surface area contributed by atoms with Gasteiger partial charge in [-0.05, 0) is 37.5 Å². The summed E-state index contributed by atoms with van der Waals surface area (Å²) in [5, 5.41) is 10.6. The van der Waals surface area contributed by atoms with Crippen molar-refractivity contribution in [3.63, 3.8) is 0 Å². The number of rotatable bonds is 72. The Bertz CT molecular complexity index is 1790. The summed E-state index contributed by atoms with van der Waals surface area (Å²) >= 11 is 0. The number of aliphatic hydroxyl groups excluding tert-OH is 1. The number of hydrogen-bond donors (Lipinski definition) is 3. The summed E-state index contributed by atoms with van der Waals surface area (Å²) in [6, 6.07) is 0. The molecule has 0 heterocycles. The first-order chi connectivity index (χ1) is 44.4. The van der Waals surface area contributed by atoms with Crippen LogP contribution in [0.2, 0.25) is 0 Å². The summed E-state index contributed by atoms with van der Waals surface area (Å²) in [6.07, 6.45) is 51.3. The van der Waals surface area contributed by atoms with Crippen molar-refractivity contribution >= 4 is 39.5 Å². The first-order valence-corrected chi connectivity index (χ1v) is 41.0. The van der Waals surface area contributed by atoms with E-state index in [0.717, 1.165) is 108 Å². The molecule has 0 saturated carbocycles. The van der Waals surface area contributed by atoms with E-state index >= 15 is 0 Å². The molecule has 92 heavy (non-hydrogen) atoms. The minimum Gasteiger partial charge on any atom is -0.462 e. The standard InChI is InChI=1S/C73H142O17P2/c1-7-10-12-14-16-18-19-20-21-22-23-24-25-28-32-39-45-51-57-72(77)89-69(62-84-71(76)56-50-44-38-31-29-26-27-30-35-41-47-53-65(4)5)64-88-92(81,82)86-60-67(74)59-85-91(79,80)87-63-68(61-83-70(75)55-49-43-37-17-15-13-11-8-2)90-73(78)58-52-46-40-34-33-36-42-48-54-66(6)9-3/h65-69,74H,7-64H2,1-6H3,(H,79,80)(H,81,82)/t66?,67-,68+,69+/m0/s1. The summed E-state index contributed by atoms with van der Waals surface area (Å²) in [5.74, 6) is -0.582. The zero-order valence-corrected chi connectivity index (χ0v) is 61.6. The predicted molar refractivity (Wildman–Crippen MR) is 372 cm³/mol. The minimum atomic E-state index is -4.95. The van der Waals surface area contributed by atoms with Crippen molar-refractivity contribution in [1.29, 1.82) is 0 Å². The van der Waals surface area contributed by atoms with Gasteiger partial charge in [0.2, 0.25) is 0 Å². The van der Waals surface area contributed by atoms with Crippen LogP contribution < -0.4 is 0 Å². The van der Waals surface area contributed by atoms with Gasteiger partial charge in [-0.3, -0.25) is 37.3 Å². The van der Waals surface area contributed by atoms with E-state index in [1.807, 2.05) is 0 Å². The molecule has 0 aliphatic carbocycles. The predicted octanol–water partition coefficient (Wildman–Crippen LogP) is 21.2. The Morgan fingerprint density at radius 1 is 0.315 bits per heavy atom. The first kappa shape index (κ1) is 90.1. The van der Waals surface area contributed by atoms with Crippen LogP contribution in [0.4, 0.5) is 0 Å². The van der Waals surface area contributed by atoms with Gasteiger partial charge in [0.25, 0.3) is 0 Å². The number of unbranched alkanes of at least 4 members (excludes halogenated alkanes) is 41. The van der Waals surface area contributed by atoms with Gasteiger partial charge < -0.3 is 33.8 Å². The molecule has 0 fully saturated rings. The van der Waals surface area contributed by atoms with Crippen molar-refractivity contribution in [2.75, 3.05) is 39.6 Å². The summed E-state index contributed by atoms with van der Waals surface area (Å²) < 4.78 is 68.3. The van der Waals surface area contributed by atoms with Crippen LogP contribution >= 0.6 is 15.6 Å². The summed E-state index contributed by atoms with van der Waals surface area (Å²) in [6.45, 7) is 9.55. The van der Waals surface area contributed by atoms with Crippen molar-refractivity contribution in [3.05, 3.63) is 0 Å². The Hall–Kier alpha value is -1.94. The molecule has 6 atom stereocenters. The molecule has 0 rings (SSSR count). The van der Waals surface area contributed by atoms with Crippen LogP contribution in [0.3, 0.4) is 0 Å². The maximum Gasteiger partial charge on any atom is 0.472 e. The van der Waals surface area contributed by atoms with Crippen LogP contribution in [0.25, 0.3) is 0 Å². The number of aliphatic hydroxyl groups is 1. The molecule has 0 aliphatic rings. The van der Waals surface area contributed by atoms with Crippen LogP contribution in [0.1, 0.15) is 375 Å². The minimum absolute atomic E-state index is 0.105. The maximum atomic E-state index is 13.1. The second kappa shape index (κ2) is 65.0. The van der Waals surface area contributed by atoms with E-state index in [0.29, 0.717) is 25.7 Å². The van der Waals surface area contributed by atoms with Crippen molar-refractivity contribution < 1.29 is 80.2 Å². The molecule has 0 saturated heterocycles. The highest BCUT2D eigenvalue weighted by Crippen LogP contribution is 2.45. The van der Waals surface area contributed by atoms with Crippen LogP contribution in [0.15, 0.2) is 0 Å². The Labute approximate surface area is 562 Å². The number of carbonyl (C=O) groups is 4. The highest BCUT2D eigenvalue weighted by atomic mass is 31.2. The van der Waals surface area contributed by atoms with Crippen molar-refractivity contribution in [1.82, 2.24) is 0 Å². The molecule has 0 aromatic carbocycles. The molecule has 3 N–H and O–H groups in total. The van der Waals surface area contributed by atoms with E-state index in [2.05, 4.69) is 41.5 Å². The third kappa shape index (κ3) is 65.4. The highest BCUT2D eigenvalue weighted by molar-refractivity contribution is 7.47. The van der Waals surface area contributed by atoms with Crippen molar-refractivity contribution in [2.24, 2.45) is 11.8 Å². The first-order valence-electron chi connectivity index (χ1n) is 38.0. The second-order valence-electron chi connectivity index (χ2n) is 27.1. The van der Waals surface area contributed by atoms with Crippen LogP contribution in [0.5, 0.6) is 0 Å². The smallest absolute Gasteiger partial charge is 0.462 e. The molecular weight excluding hydrogens is 1210 g/mol. The lowest BCUT2D eigenvalue weighted by Gasteiger charge is -2.21. The number of carbonyl (C=O) groups excluding carboxylic acids is 4. The normalized spacial score (nSPS) is 14.4. The topological polar surface area (TPSA) is 237 Å². The fourth-order valence-corrected chi connectivity index (χ4v) is 12.7. The second-order valence-corrected chi connectivity index (χ2v) is 30.0. The number of phosphoric ester groups is 2. The van der Waals surface area contributed by atoms with Crippen LogP contribution in [-0.4, -0.2) is 96.7 Å². The molecule has 17 nitrogen and oxygen atoms in total. The third-order valence-electron chi connectivity index (χ3n) is 17.3. The van der Waals surface area contributed by atoms with Gasteiger partial charge in [-0.2, -0.15) is 0 Å². The lowest BCUT2D eigenvalue weighted by atomic mass is 9.99. The van der Waals surface area contributed by atoms with Gasteiger partial charge in [0.05, 0.1) is 26.4 Å². The van der Waals surface area contributed by atoms with Gasteiger partial charge in [-0.15, -0.1) is 0 Å². The fraction of sp³-hybridized carbons (Fsp3) is 0.945. The van der Waals surface area contributed by atoms with Gasteiger partial charge in [-0.25, -0.2) is 9.13 Å². The molecule has 0 amide bonds. The SMILES string of the molecule is CCCCCCCCCCCCCCCCCCCCC(=O)O[C@H](COC(=O)CCCCCCCCCCCCCC(C)C)COP(=O)(O)OC[C@@H](O)COP(=O)(O)OC[C@@H](COC(=O)CCCCCCCCCC)OC(=O)CCCCCCCCCCC(C)CC. The van der Waals surface area contributed by atoms with Crippen LogP contribution in [0, 0.1) is 11.8 Å². The molecule has 3 unspecified atom stereocenters. The largest absolute Gasteiger partial charge is 0.472 e. The Balaban J connectivity index is 5.22. The van der Waals surface area contributed by atoms with E-state index in [1.165, 1.54) is 186 Å². The molecule has 0 aromatic rings. The summed E-state index contributed by atoms with van der Waals surface area (Å²) in [4.78, 5) is 72.6. The monoisotopic (exact) mass is 1350 g/mol. The van der Waals surface area contributed by atoms with E-state index in [1.54, 1.807) is 0 Å². The van der Waals surface area contributed by atoms with E-state index in [9.17, 15) is 43.2 Å². The molecule has 0 spiro atoms. The molecule has 0 radical (unpaired) electrons. The molecule has 0 aliphatic heterocycles. The van der Waals surface area contributed by atoms with Crippen molar-refractivity contribution in [2.45, 2.75) is 394 Å². The van der Waals surface area contributed by atoms with E-state index < -0.39 is 97.5 Å². The quantitative estimate of drug-likeness (QED) is 0.0222. The Morgan fingerprint density at radius 2 is 0.554 bits per heavy atom. The van der Waals surface area contributed by atoms with Gasteiger partial charge in [0.1, 0.15) is 19.3 Å². The van der Waals surface area contributed by atoms with Crippen molar-refractivity contribution in [3.8, 4) is 0 Å². The molecule has 19 heteroatoms. The van der Waals surface area contributed by atoms with E-state index in [-0.39, 0.29) is 25.7 Å². The number of phosphoric acid groups is 2. The molecule has 0 aromatic heterocycles. The van der Waals surface area contributed by atoms with Crippen LogP contribution in [-0.2, 0) is 65.4 Å². The third-order valence-corrected chi connectivity index (χ3v) is 19.2.